The Morgan fingerprint density at radius 1 is 1.07 bits per heavy atom. The van der Waals surface area contributed by atoms with Crippen molar-refractivity contribution in [2.45, 2.75) is 24.5 Å². The molecule has 3 unspecified atom stereocenters. The number of hydrogen-bond acceptors (Lipinski definition) is 3. The van der Waals surface area contributed by atoms with Crippen molar-refractivity contribution in [3.63, 3.8) is 0 Å². The maximum Gasteiger partial charge on any atom is 0.123 e. The van der Waals surface area contributed by atoms with E-state index in [4.69, 9.17) is 23.2 Å². The molecule has 144 valence electrons. The first-order valence-corrected chi connectivity index (χ1v) is 9.93. The lowest BCUT2D eigenvalue weighted by Gasteiger charge is -2.27. The van der Waals surface area contributed by atoms with Gasteiger partial charge >= 0.3 is 0 Å². The summed E-state index contributed by atoms with van der Waals surface area (Å²) in [4.78, 5) is 2.23. The fraction of sp³-hybridized carbons (Fsp3) is 0.429. The second kappa shape index (κ2) is 7.34. The van der Waals surface area contributed by atoms with E-state index in [1.165, 1.54) is 12.1 Å². The normalized spacial score (nSPS) is 29.1. The smallest absolute Gasteiger partial charge is 0.123 e. The maximum absolute atomic E-state index is 13.2. The Balaban J connectivity index is 1.39. The van der Waals surface area contributed by atoms with Crippen molar-refractivity contribution in [2.24, 2.45) is 11.8 Å². The molecule has 2 fully saturated rings. The fourth-order valence-corrected chi connectivity index (χ4v) is 5.24. The SMILES string of the molecule is OC(CN1CC2CC(O)(c3ccc(F)cc3)CC2C1)c1ccc(Cl)cc1Cl. The Bertz CT molecular complexity index is 815. The zero-order valence-electron chi connectivity index (χ0n) is 14.8. The molecule has 3 nitrogen and oxygen atoms in total. The van der Waals surface area contributed by atoms with Crippen molar-refractivity contribution >= 4 is 23.2 Å². The van der Waals surface area contributed by atoms with E-state index in [1.807, 2.05) is 0 Å². The van der Waals surface area contributed by atoms with Crippen molar-refractivity contribution in [1.82, 2.24) is 4.90 Å². The fourth-order valence-electron chi connectivity index (χ4n) is 4.71. The molecule has 1 aliphatic carbocycles. The third-order valence-electron chi connectivity index (χ3n) is 5.99. The predicted molar refractivity (Wildman–Crippen MR) is 104 cm³/mol. The van der Waals surface area contributed by atoms with Gasteiger partial charge in [0, 0.05) is 35.2 Å². The predicted octanol–water partition coefficient (Wildman–Crippen LogP) is 4.40. The molecule has 1 saturated carbocycles. The van der Waals surface area contributed by atoms with Crippen LogP contribution in [0.3, 0.4) is 0 Å². The molecule has 2 aromatic rings. The molecule has 2 aliphatic rings. The highest BCUT2D eigenvalue weighted by molar-refractivity contribution is 6.35. The molecule has 3 atom stereocenters. The number of halogens is 3. The lowest BCUT2D eigenvalue weighted by Crippen LogP contribution is -2.31. The van der Waals surface area contributed by atoms with Gasteiger partial charge in [-0.05, 0) is 54.5 Å². The number of aliphatic hydroxyl groups is 2. The van der Waals surface area contributed by atoms with E-state index in [0.717, 1.165) is 18.7 Å². The Kier molecular flexibility index (Phi) is 5.21. The molecule has 1 heterocycles. The van der Waals surface area contributed by atoms with Gasteiger partial charge in [-0.25, -0.2) is 4.39 Å². The summed E-state index contributed by atoms with van der Waals surface area (Å²) in [5.74, 6) is 0.447. The molecule has 4 rings (SSSR count). The third-order valence-corrected chi connectivity index (χ3v) is 6.55. The number of rotatable bonds is 4. The molecule has 2 aromatic carbocycles. The van der Waals surface area contributed by atoms with Crippen LogP contribution in [0.5, 0.6) is 0 Å². The van der Waals surface area contributed by atoms with Crippen LogP contribution in [-0.4, -0.2) is 34.7 Å². The van der Waals surface area contributed by atoms with E-state index >= 15 is 0 Å². The minimum Gasteiger partial charge on any atom is -0.387 e. The van der Waals surface area contributed by atoms with Crippen molar-refractivity contribution in [3.05, 3.63) is 69.5 Å². The summed E-state index contributed by atoms with van der Waals surface area (Å²) in [6, 6.07) is 11.3. The van der Waals surface area contributed by atoms with Gasteiger partial charge in [0.25, 0.3) is 0 Å². The van der Waals surface area contributed by atoms with E-state index in [9.17, 15) is 14.6 Å². The molecular weight excluding hydrogens is 388 g/mol. The first-order valence-electron chi connectivity index (χ1n) is 9.18. The van der Waals surface area contributed by atoms with E-state index in [-0.39, 0.29) is 5.82 Å². The highest BCUT2D eigenvalue weighted by Crippen LogP contribution is 2.49. The van der Waals surface area contributed by atoms with Crippen LogP contribution in [0.4, 0.5) is 4.39 Å². The Hall–Kier alpha value is -1.17. The molecular formula is C21H22Cl2FNO2. The summed E-state index contributed by atoms with van der Waals surface area (Å²) < 4.78 is 13.2. The monoisotopic (exact) mass is 409 g/mol. The van der Waals surface area contributed by atoms with Crippen molar-refractivity contribution in [2.75, 3.05) is 19.6 Å². The molecule has 0 radical (unpaired) electrons. The number of nitrogens with zero attached hydrogens (tertiary/aromatic N) is 1. The number of aliphatic hydroxyl groups excluding tert-OH is 1. The van der Waals surface area contributed by atoms with Crippen LogP contribution in [0.1, 0.15) is 30.1 Å². The maximum atomic E-state index is 13.2. The van der Waals surface area contributed by atoms with Gasteiger partial charge in [-0.15, -0.1) is 0 Å². The number of benzene rings is 2. The number of fused-ring (bicyclic) bond motifs is 1. The molecule has 1 saturated heterocycles. The highest BCUT2D eigenvalue weighted by atomic mass is 35.5. The van der Waals surface area contributed by atoms with E-state index in [0.29, 0.717) is 46.8 Å². The zero-order valence-corrected chi connectivity index (χ0v) is 16.3. The van der Waals surface area contributed by atoms with Gasteiger partial charge in [0.05, 0.1) is 11.7 Å². The topological polar surface area (TPSA) is 43.7 Å². The van der Waals surface area contributed by atoms with Crippen LogP contribution < -0.4 is 0 Å². The first-order chi connectivity index (χ1) is 12.8. The standard InChI is InChI=1S/C21H22Cl2FNO2/c22-16-3-6-18(19(23)7-16)20(26)12-25-10-13-8-21(27,9-14(13)11-25)15-1-4-17(24)5-2-15/h1-7,13-14,20,26-27H,8-12H2. The summed E-state index contributed by atoms with van der Waals surface area (Å²) in [6.07, 6.45) is 0.652. The second-order valence-electron chi connectivity index (χ2n) is 7.87. The molecule has 0 bridgehead atoms. The van der Waals surface area contributed by atoms with Crippen LogP contribution in [0.25, 0.3) is 0 Å². The third kappa shape index (κ3) is 3.87. The largest absolute Gasteiger partial charge is 0.387 e. The number of hydrogen-bond donors (Lipinski definition) is 2. The van der Waals surface area contributed by atoms with Gasteiger partial charge in [0.1, 0.15) is 5.82 Å². The van der Waals surface area contributed by atoms with Crippen molar-refractivity contribution in [1.29, 1.82) is 0 Å². The van der Waals surface area contributed by atoms with Crippen LogP contribution in [0, 0.1) is 17.7 Å². The summed E-state index contributed by atoms with van der Waals surface area (Å²) >= 11 is 12.1. The molecule has 6 heteroatoms. The van der Waals surface area contributed by atoms with Gasteiger partial charge in [0.15, 0.2) is 0 Å². The second-order valence-corrected chi connectivity index (χ2v) is 8.71. The molecule has 0 amide bonds. The first kappa shape index (κ1) is 19.2. The molecule has 0 aromatic heterocycles. The van der Waals surface area contributed by atoms with Gasteiger partial charge in [-0.1, -0.05) is 41.4 Å². The van der Waals surface area contributed by atoms with Crippen LogP contribution >= 0.6 is 23.2 Å². The lowest BCUT2D eigenvalue weighted by molar-refractivity contribution is 0.0288. The van der Waals surface area contributed by atoms with Crippen molar-refractivity contribution < 1.29 is 14.6 Å². The molecule has 27 heavy (non-hydrogen) atoms. The Morgan fingerprint density at radius 3 is 2.30 bits per heavy atom. The Labute approximate surface area is 168 Å². The van der Waals surface area contributed by atoms with Gasteiger partial charge < -0.3 is 10.2 Å². The van der Waals surface area contributed by atoms with Gasteiger partial charge in [0.2, 0.25) is 0 Å². The average Bonchev–Trinajstić information content (AvgIpc) is 3.10. The quantitative estimate of drug-likeness (QED) is 0.786. The zero-order chi connectivity index (χ0) is 19.2. The minimum atomic E-state index is -0.882. The van der Waals surface area contributed by atoms with E-state index < -0.39 is 11.7 Å². The number of likely N-dealkylation sites (tertiary alicyclic amines) is 1. The van der Waals surface area contributed by atoms with Crippen LogP contribution in [0.15, 0.2) is 42.5 Å². The van der Waals surface area contributed by atoms with Gasteiger partial charge in [-0.2, -0.15) is 0 Å². The summed E-state index contributed by atoms with van der Waals surface area (Å²) in [5, 5.41) is 22.6. The summed E-state index contributed by atoms with van der Waals surface area (Å²) in [7, 11) is 0. The van der Waals surface area contributed by atoms with E-state index in [2.05, 4.69) is 4.90 Å². The van der Waals surface area contributed by atoms with E-state index in [1.54, 1.807) is 30.3 Å². The van der Waals surface area contributed by atoms with Gasteiger partial charge in [-0.3, -0.25) is 4.90 Å². The average molecular weight is 410 g/mol. The molecule has 1 aliphatic heterocycles. The van der Waals surface area contributed by atoms with Crippen molar-refractivity contribution in [3.8, 4) is 0 Å². The van der Waals surface area contributed by atoms with Crippen LogP contribution in [0.2, 0.25) is 10.0 Å². The summed E-state index contributed by atoms with van der Waals surface area (Å²) in [6.45, 7) is 2.16. The number of β-amino-alcohol motifs (C(OH)–C–C–N with tert-alkyl or cyclic N) is 1. The minimum absolute atomic E-state index is 0.290. The Morgan fingerprint density at radius 2 is 1.70 bits per heavy atom. The lowest BCUT2D eigenvalue weighted by atomic mass is 9.90. The molecule has 0 spiro atoms. The highest BCUT2D eigenvalue weighted by Gasteiger charge is 2.49. The molecule has 2 N–H and O–H groups in total. The summed E-state index contributed by atoms with van der Waals surface area (Å²) in [5.41, 5.74) is 0.589. The van der Waals surface area contributed by atoms with Crippen LogP contribution in [-0.2, 0) is 5.60 Å².